The maximum atomic E-state index is 11.3. The number of carbonyl (C=O) groups excluding carboxylic acids is 1. The number of alkyl carbamates (subject to hydrolysis) is 1. The summed E-state index contributed by atoms with van der Waals surface area (Å²) in [6, 6.07) is 1.38. The third kappa shape index (κ3) is 9.27. The summed E-state index contributed by atoms with van der Waals surface area (Å²) in [5.74, 6) is 0. The van der Waals surface area contributed by atoms with E-state index < -0.39 is 23.8 Å². The topological polar surface area (TPSA) is 111 Å². The van der Waals surface area contributed by atoms with E-state index in [0.717, 1.165) is 0 Å². The molecule has 0 aromatic heterocycles. The zero-order valence-corrected chi connectivity index (χ0v) is 10.8. The van der Waals surface area contributed by atoms with Crippen molar-refractivity contribution in [2.24, 2.45) is 0 Å². The molecule has 102 valence electrons. The summed E-state index contributed by atoms with van der Waals surface area (Å²) in [4.78, 5) is 21.7. The Morgan fingerprint density at radius 3 is 2.50 bits per heavy atom. The van der Waals surface area contributed by atoms with Crippen LogP contribution in [0.5, 0.6) is 0 Å². The van der Waals surface area contributed by atoms with Crippen molar-refractivity contribution in [2.75, 3.05) is 6.54 Å². The first-order valence-electron chi connectivity index (χ1n) is 5.58. The van der Waals surface area contributed by atoms with Gasteiger partial charge in [-0.2, -0.15) is 5.26 Å². The summed E-state index contributed by atoms with van der Waals surface area (Å²) in [7, 11) is 0. The number of carboxylic acid groups (broad SMARTS) is 1. The zero-order valence-electron chi connectivity index (χ0n) is 10.8. The van der Waals surface area contributed by atoms with Crippen LogP contribution in [-0.2, 0) is 4.74 Å². The van der Waals surface area contributed by atoms with Crippen molar-refractivity contribution in [1.82, 2.24) is 10.6 Å². The lowest BCUT2D eigenvalue weighted by Crippen LogP contribution is -2.38. The van der Waals surface area contributed by atoms with E-state index in [1.807, 2.05) is 6.07 Å². The standard InChI is InChI=1S/C11H19N3O4/c1-11(2,3)18-10(17)13-7-5-8(4-6-12)14-9(15)16/h8,14H,4-5,7H2,1-3H3,(H,13,17)(H,15,16)/t8-/m1/s1. The summed E-state index contributed by atoms with van der Waals surface area (Å²) in [6.45, 7) is 5.48. The Labute approximate surface area is 106 Å². The average Bonchev–Trinajstić information content (AvgIpc) is 2.13. The van der Waals surface area contributed by atoms with Gasteiger partial charge in [0.05, 0.1) is 12.5 Å². The second-order valence-corrected chi connectivity index (χ2v) is 4.73. The molecule has 18 heavy (non-hydrogen) atoms. The van der Waals surface area contributed by atoms with Crippen molar-refractivity contribution in [3.05, 3.63) is 0 Å². The van der Waals surface area contributed by atoms with E-state index in [4.69, 9.17) is 15.1 Å². The number of rotatable bonds is 5. The molecule has 0 spiro atoms. The summed E-state index contributed by atoms with van der Waals surface area (Å²) >= 11 is 0. The Morgan fingerprint density at radius 1 is 1.44 bits per heavy atom. The van der Waals surface area contributed by atoms with Gasteiger partial charge in [0.2, 0.25) is 0 Å². The summed E-state index contributed by atoms with van der Waals surface area (Å²) in [5, 5.41) is 21.8. The van der Waals surface area contributed by atoms with Crippen LogP contribution >= 0.6 is 0 Å². The van der Waals surface area contributed by atoms with Gasteiger partial charge in [-0.3, -0.25) is 0 Å². The summed E-state index contributed by atoms with van der Waals surface area (Å²) in [5.41, 5.74) is -0.574. The van der Waals surface area contributed by atoms with Crippen LogP contribution in [-0.4, -0.2) is 35.5 Å². The van der Waals surface area contributed by atoms with Gasteiger partial charge < -0.3 is 20.5 Å². The summed E-state index contributed by atoms with van der Waals surface area (Å²) in [6.07, 6.45) is -1.36. The van der Waals surface area contributed by atoms with E-state index in [9.17, 15) is 9.59 Å². The van der Waals surface area contributed by atoms with Gasteiger partial charge in [0, 0.05) is 12.6 Å². The van der Waals surface area contributed by atoms with Crippen molar-refractivity contribution in [3.8, 4) is 6.07 Å². The molecule has 0 rings (SSSR count). The van der Waals surface area contributed by atoms with Crippen molar-refractivity contribution < 1.29 is 19.4 Å². The van der Waals surface area contributed by atoms with Crippen LogP contribution < -0.4 is 10.6 Å². The quantitative estimate of drug-likeness (QED) is 0.690. The molecule has 0 aliphatic rings. The van der Waals surface area contributed by atoms with Crippen molar-refractivity contribution in [3.63, 3.8) is 0 Å². The van der Waals surface area contributed by atoms with Gasteiger partial charge in [-0.1, -0.05) is 0 Å². The second-order valence-electron chi connectivity index (χ2n) is 4.73. The molecule has 2 amide bonds. The second kappa shape index (κ2) is 7.37. The third-order valence-corrected chi connectivity index (χ3v) is 1.83. The Balaban J connectivity index is 3.96. The highest BCUT2D eigenvalue weighted by Gasteiger charge is 2.16. The molecule has 0 aromatic rings. The smallest absolute Gasteiger partial charge is 0.407 e. The molecular formula is C11H19N3O4. The number of ether oxygens (including phenoxy) is 1. The highest BCUT2D eigenvalue weighted by atomic mass is 16.6. The minimum atomic E-state index is -1.19. The van der Waals surface area contributed by atoms with E-state index in [1.54, 1.807) is 20.8 Å². The number of carbonyl (C=O) groups is 2. The van der Waals surface area contributed by atoms with E-state index in [1.165, 1.54) is 0 Å². The highest BCUT2D eigenvalue weighted by molar-refractivity contribution is 5.67. The van der Waals surface area contributed by atoms with Crippen molar-refractivity contribution >= 4 is 12.2 Å². The Hall–Kier alpha value is -1.97. The lowest BCUT2D eigenvalue weighted by Gasteiger charge is -2.20. The Kier molecular flexibility index (Phi) is 6.57. The molecule has 0 unspecified atom stereocenters. The molecule has 0 saturated carbocycles. The summed E-state index contributed by atoms with van der Waals surface area (Å²) < 4.78 is 5.01. The first-order chi connectivity index (χ1) is 8.24. The molecule has 3 N–H and O–H groups in total. The normalized spacial score (nSPS) is 12.1. The molecule has 0 aliphatic carbocycles. The van der Waals surface area contributed by atoms with E-state index in [-0.39, 0.29) is 13.0 Å². The number of amides is 2. The minimum absolute atomic E-state index is 0.0578. The van der Waals surface area contributed by atoms with Gasteiger partial charge in [-0.15, -0.1) is 0 Å². The predicted octanol–water partition coefficient (Wildman–Crippen LogP) is 1.45. The first kappa shape index (κ1) is 16.0. The molecule has 0 radical (unpaired) electrons. The van der Waals surface area contributed by atoms with Crippen LogP contribution in [0, 0.1) is 11.3 Å². The highest BCUT2D eigenvalue weighted by Crippen LogP contribution is 2.06. The first-order valence-corrected chi connectivity index (χ1v) is 5.58. The van der Waals surface area contributed by atoms with E-state index >= 15 is 0 Å². The lowest BCUT2D eigenvalue weighted by molar-refractivity contribution is 0.0526. The van der Waals surface area contributed by atoms with Crippen molar-refractivity contribution in [1.29, 1.82) is 5.26 Å². The van der Waals surface area contributed by atoms with E-state index in [0.29, 0.717) is 6.42 Å². The molecule has 0 saturated heterocycles. The average molecular weight is 257 g/mol. The van der Waals surface area contributed by atoms with Gasteiger partial charge in [-0.25, -0.2) is 9.59 Å². The van der Waals surface area contributed by atoms with Crippen LogP contribution in [0.15, 0.2) is 0 Å². The third-order valence-electron chi connectivity index (χ3n) is 1.83. The fraction of sp³-hybridized carbons (Fsp3) is 0.727. The van der Waals surface area contributed by atoms with Gasteiger partial charge >= 0.3 is 12.2 Å². The number of nitrogens with zero attached hydrogens (tertiary/aromatic N) is 1. The number of hydrogen-bond acceptors (Lipinski definition) is 4. The molecule has 7 nitrogen and oxygen atoms in total. The number of nitrogens with one attached hydrogen (secondary N) is 2. The monoisotopic (exact) mass is 257 g/mol. The Bertz CT molecular complexity index is 330. The maximum absolute atomic E-state index is 11.3. The number of hydrogen-bond donors (Lipinski definition) is 3. The fourth-order valence-electron chi connectivity index (χ4n) is 1.17. The molecule has 0 fully saturated rings. The van der Waals surface area contributed by atoms with Crippen molar-refractivity contribution in [2.45, 2.75) is 45.3 Å². The SMILES string of the molecule is CC(C)(C)OC(=O)NCC[C@@H](CC#N)NC(=O)O. The fourth-order valence-corrected chi connectivity index (χ4v) is 1.17. The molecular weight excluding hydrogens is 238 g/mol. The van der Waals surface area contributed by atoms with Gasteiger partial charge in [-0.05, 0) is 27.2 Å². The van der Waals surface area contributed by atoms with Crippen LogP contribution in [0.1, 0.15) is 33.6 Å². The maximum Gasteiger partial charge on any atom is 0.407 e. The van der Waals surface area contributed by atoms with Crippen LogP contribution in [0.4, 0.5) is 9.59 Å². The molecule has 0 aromatic carbocycles. The van der Waals surface area contributed by atoms with Crippen LogP contribution in [0.25, 0.3) is 0 Å². The van der Waals surface area contributed by atoms with Gasteiger partial charge in [0.15, 0.2) is 0 Å². The van der Waals surface area contributed by atoms with Crippen LogP contribution in [0.2, 0.25) is 0 Å². The minimum Gasteiger partial charge on any atom is -0.465 e. The van der Waals surface area contributed by atoms with Gasteiger partial charge in [0.25, 0.3) is 0 Å². The predicted molar refractivity (Wildman–Crippen MR) is 64.0 cm³/mol. The zero-order chi connectivity index (χ0) is 14.2. The molecule has 0 bridgehead atoms. The largest absolute Gasteiger partial charge is 0.465 e. The molecule has 7 heteroatoms. The van der Waals surface area contributed by atoms with Gasteiger partial charge in [0.1, 0.15) is 5.60 Å². The molecule has 0 aliphatic heterocycles. The molecule has 1 atom stereocenters. The number of nitriles is 1. The lowest BCUT2D eigenvalue weighted by atomic mass is 10.1. The van der Waals surface area contributed by atoms with Crippen LogP contribution in [0.3, 0.4) is 0 Å². The Morgan fingerprint density at radius 2 is 2.06 bits per heavy atom. The molecule has 0 heterocycles. The van der Waals surface area contributed by atoms with E-state index in [2.05, 4.69) is 10.6 Å².